The van der Waals surface area contributed by atoms with Gasteiger partial charge >= 0.3 is 0 Å². The molecule has 0 spiro atoms. The predicted octanol–water partition coefficient (Wildman–Crippen LogP) is 1.72. The van der Waals surface area contributed by atoms with Crippen molar-refractivity contribution in [2.45, 2.75) is 13.3 Å². The molecule has 0 atom stereocenters. The Balaban J connectivity index is 3.59. The van der Waals surface area contributed by atoms with E-state index in [2.05, 4.69) is 15.9 Å². The van der Waals surface area contributed by atoms with Gasteiger partial charge in [0.15, 0.2) is 0 Å². The van der Waals surface area contributed by atoms with E-state index in [1.165, 1.54) is 14.2 Å². The Hall–Kier alpha value is -0.420. The number of hydrogen-bond acceptors (Lipinski definition) is 4. The maximum Gasteiger partial charge on any atom is 0.0876 e. The van der Waals surface area contributed by atoms with E-state index in [4.69, 9.17) is 9.78 Å². The minimum atomic E-state index is 0.260. The lowest BCUT2D eigenvalue weighted by molar-refractivity contribution is -0.306. The second-order valence-corrected chi connectivity index (χ2v) is 2.57. The Morgan fingerprint density at radius 3 is 2.00 bits per heavy atom. The first-order chi connectivity index (χ1) is 6.35. The van der Waals surface area contributed by atoms with E-state index in [0.717, 1.165) is 6.42 Å². The van der Waals surface area contributed by atoms with Crippen molar-refractivity contribution in [2.75, 3.05) is 27.4 Å². The average Bonchev–Trinajstić information content (AvgIpc) is 2.17. The largest absolute Gasteiger partial charge is 0.240 e. The zero-order valence-corrected chi connectivity index (χ0v) is 8.49. The fourth-order valence-electron chi connectivity index (χ4n) is 0.841. The van der Waals surface area contributed by atoms with Crippen LogP contribution in [0.1, 0.15) is 13.3 Å². The van der Waals surface area contributed by atoms with Crippen LogP contribution in [0.25, 0.3) is 0 Å². The van der Waals surface area contributed by atoms with Crippen molar-refractivity contribution in [3.05, 3.63) is 12.2 Å². The van der Waals surface area contributed by atoms with Gasteiger partial charge < -0.3 is 0 Å². The summed E-state index contributed by atoms with van der Waals surface area (Å²) in [6.07, 6.45) is 4.94. The summed E-state index contributed by atoms with van der Waals surface area (Å²) in [5.41, 5.74) is 0. The zero-order valence-electron chi connectivity index (χ0n) is 8.49. The van der Waals surface area contributed by atoms with Gasteiger partial charge in [0.2, 0.25) is 0 Å². The van der Waals surface area contributed by atoms with E-state index in [1.54, 1.807) is 0 Å². The normalized spacial score (nSPS) is 11.7. The smallest absolute Gasteiger partial charge is 0.0876 e. The summed E-state index contributed by atoms with van der Waals surface area (Å²) < 4.78 is 0. The van der Waals surface area contributed by atoms with Crippen LogP contribution >= 0.6 is 0 Å². The first-order valence-electron chi connectivity index (χ1n) is 4.27. The summed E-state index contributed by atoms with van der Waals surface area (Å²) >= 11 is 0. The topological polar surface area (TPSA) is 36.9 Å². The molecule has 0 fully saturated rings. The molecule has 4 heteroatoms. The van der Waals surface area contributed by atoms with Crippen molar-refractivity contribution in [1.29, 1.82) is 0 Å². The summed E-state index contributed by atoms with van der Waals surface area (Å²) in [5, 5.41) is 0. The molecule has 0 saturated heterocycles. The summed E-state index contributed by atoms with van der Waals surface area (Å²) in [7, 11) is 2.98. The standard InChI is InChI=1S/C9H18O4/c1-4-5-6-9(7-12-10-2)8-13-11-3/h4-5,9H,6-8H2,1-3H3/b5-4+. The molecule has 0 aliphatic rings. The van der Waals surface area contributed by atoms with Crippen LogP contribution in [0.3, 0.4) is 0 Å². The summed E-state index contributed by atoms with van der Waals surface area (Å²) in [5.74, 6) is 0.260. The second kappa shape index (κ2) is 9.67. The molecule has 0 N–H and O–H groups in total. The molecule has 0 aromatic rings. The maximum absolute atomic E-state index is 4.82. The average molecular weight is 190 g/mol. The van der Waals surface area contributed by atoms with Gasteiger partial charge in [0.1, 0.15) is 0 Å². The van der Waals surface area contributed by atoms with E-state index in [9.17, 15) is 0 Å². The van der Waals surface area contributed by atoms with Crippen LogP contribution in [0.2, 0.25) is 0 Å². The minimum Gasteiger partial charge on any atom is -0.240 e. The number of hydrogen-bond donors (Lipinski definition) is 0. The van der Waals surface area contributed by atoms with Gasteiger partial charge in [-0.1, -0.05) is 12.2 Å². The third kappa shape index (κ3) is 7.93. The van der Waals surface area contributed by atoms with Gasteiger partial charge in [-0.25, -0.2) is 19.6 Å². The summed E-state index contributed by atoms with van der Waals surface area (Å²) in [4.78, 5) is 18.7. The van der Waals surface area contributed by atoms with Gasteiger partial charge in [-0.05, 0) is 13.3 Å². The van der Waals surface area contributed by atoms with Crippen molar-refractivity contribution in [2.24, 2.45) is 5.92 Å². The van der Waals surface area contributed by atoms with Crippen molar-refractivity contribution in [1.82, 2.24) is 0 Å². The molecular weight excluding hydrogens is 172 g/mol. The van der Waals surface area contributed by atoms with Crippen LogP contribution in [0.4, 0.5) is 0 Å². The van der Waals surface area contributed by atoms with Crippen molar-refractivity contribution in [3.63, 3.8) is 0 Å². The molecule has 0 radical (unpaired) electrons. The van der Waals surface area contributed by atoms with Crippen molar-refractivity contribution >= 4 is 0 Å². The lowest BCUT2D eigenvalue weighted by atomic mass is 10.1. The van der Waals surface area contributed by atoms with Gasteiger partial charge in [-0.2, -0.15) is 0 Å². The molecule has 78 valence electrons. The Kier molecular flexibility index (Phi) is 9.35. The van der Waals surface area contributed by atoms with E-state index in [-0.39, 0.29) is 5.92 Å². The summed E-state index contributed by atoms with van der Waals surface area (Å²) in [6, 6.07) is 0. The SMILES string of the molecule is C/C=C/CC(COOC)COOC. The molecule has 0 aromatic carbocycles. The molecule has 4 nitrogen and oxygen atoms in total. The third-order valence-corrected chi connectivity index (χ3v) is 1.55. The monoisotopic (exact) mass is 190 g/mol. The molecule has 0 aliphatic heterocycles. The molecule has 0 amide bonds. The second-order valence-electron chi connectivity index (χ2n) is 2.57. The highest BCUT2D eigenvalue weighted by Crippen LogP contribution is 2.06. The van der Waals surface area contributed by atoms with E-state index in [1.807, 2.05) is 13.0 Å². The highest BCUT2D eigenvalue weighted by Gasteiger charge is 2.08. The fourth-order valence-corrected chi connectivity index (χ4v) is 0.841. The third-order valence-electron chi connectivity index (χ3n) is 1.55. The van der Waals surface area contributed by atoms with Crippen molar-refractivity contribution in [3.8, 4) is 0 Å². The molecule has 0 unspecified atom stereocenters. The first-order valence-corrected chi connectivity index (χ1v) is 4.27. The van der Waals surface area contributed by atoms with E-state index >= 15 is 0 Å². The van der Waals surface area contributed by atoms with Crippen LogP contribution in [0, 0.1) is 5.92 Å². The highest BCUT2D eigenvalue weighted by atomic mass is 17.2. The van der Waals surface area contributed by atoms with Crippen LogP contribution in [0.15, 0.2) is 12.2 Å². The molecule has 0 aromatic heterocycles. The predicted molar refractivity (Wildman–Crippen MR) is 48.8 cm³/mol. The van der Waals surface area contributed by atoms with Crippen LogP contribution in [0.5, 0.6) is 0 Å². The molecule has 0 aliphatic carbocycles. The number of rotatable bonds is 8. The van der Waals surface area contributed by atoms with Gasteiger partial charge in [-0.3, -0.25) is 0 Å². The number of allylic oxidation sites excluding steroid dienone is 2. The molecule has 13 heavy (non-hydrogen) atoms. The maximum atomic E-state index is 4.82. The van der Waals surface area contributed by atoms with Gasteiger partial charge in [0, 0.05) is 5.92 Å². The minimum absolute atomic E-state index is 0.260. The Morgan fingerprint density at radius 2 is 1.62 bits per heavy atom. The molecule has 0 bridgehead atoms. The Bertz CT molecular complexity index is 117. The molecule has 0 rings (SSSR count). The molecular formula is C9H18O4. The lowest BCUT2D eigenvalue weighted by Gasteiger charge is -2.12. The lowest BCUT2D eigenvalue weighted by Crippen LogP contribution is -2.15. The van der Waals surface area contributed by atoms with Gasteiger partial charge in [0.05, 0.1) is 27.4 Å². The van der Waals surface area contributed by atoms with Crippen LogP contribution in [-0.2, 0) is 19.6 Å². The fraction of sp³-hybridized carbons (Fsp3) is 0.778. The quantitative estimate of drug-likeness (QED) is 0.332. The van der Waals surface area contributed by atoms with E-state index < -0.39 is 0 Å². The zero-order chi connectivity index (χ0) is 9.94. The Morgan fingerprint density at radius 1 is 1.08 bits per heavy atom. The Labute approximate surface area is 79.3 Å². The van der Waals surface area contributed by atoms with Gasteiger partial charge in [-0.15, -0.1) is 0 Å². The van der Waals surface area contributed by atoms with Crippen molar-refractivity contribution < 1.29 is 19.6 Å². The highest BCUT2D eigenvalue weighted by molar-refractivity contribution is 4.80. The molecule has 0 heterocycles. The van der Waals surface area contributed by atoms with Gasteiger partial charge in [0.25, 0.3) is 0 Å². The first kappa shape index (κ1) is 12.6. The van der Waals surface area contributed by atoms with Crippen LogP contribution < -0.4 is 0 Å². The van der Waals surface area contributed by atoms with Crippen LogP contribution in [-0.4, -0.2) is 27.4 Å². The summed E-state index contributed by atoms with van der Waals surface area (Å²) in [6.45, 7) is 2.99. The molecule has 0 saturated carbocycles. The van der Waals surface area contributed by atoms with E-state index in [0.29, 0.717) is 13.2 Å².